The van der Waals surface area contributed by atoms with Gasteiger partial charge in [0.2, 0.25) is 5.91 Å². The van der Waals surface area contributed by atoms with E-state index in [1.54, 1.807) is 24.0 Å². The molecule has 2 amide bonds. The lowest BCUT2D eigenvalue weighted by Gasteiger charge is -2.03. The fourth-order valence-corrected chi connectivity index (χ4v) is 3.88. The number of thiazole rings is 1. The number of rotatable bonds is 7. The number of benzene rings is 1. The molecule has 0 saturated carbocycles. The molecule has 0 bridgehead atoms. The van der Waals surface area contributed by atoms with Gasteiger partial charge in [0.25, 0.3) is 5.91 Å². The normalized spacial score (nSPS) is 10.7. The van der Waals surface area contributed by atoms with Crippen LogP contribution in [0, 0.1) is 6.92 Å². The second-order valence-corrected chi connectivity index (χ2v) is 7.58. The van der Waals surface area contributed by atoms with Gasteiger partial charge in [-0.15, -0.1) is 23.1 Å². The van der Waals surface area contributed by atoms with Gasteiger partial charge in [-0.3, -0.25) is 9.59 Å². The van der Waals surface area contributed by atoms with Crippen molar-refractivity contribution in [1.82, 2.24) is 9.97 Å². The summed E-state index contributed by atoms with van der Waals surface area (Å²) in [4.78, 5) is 30.4. The maximum atomic E-state index is 12.1. The third-order valence-electron chi connectivity index (χ3n) is 3.58. The molecule has 8 heteroatoms. The molecule has 1 aromatic carbocycles. The Morgan fingerprint density at radius 2 is 2.19 bits per heavy atom. The van der Waals surface area contributed by atoms with Crippen LogP contribution in [0.4, 0.5) is 5.13 Å². The molecule has 0 fully saturated rings. The van der Waals surface area contributed by atoms with E-state index in [0.29, 0.717) is 22.3 Å². The van der Waals surface area contributed by atoms with Crippen LogP contribution in [-0.4, -0.2) is 27.5 Å². The molecule has 0 spiro atoms. The number of nitrogens with one attached hydrogen (secondary N) is 2. The summed E-state index contributed by atoms with van der Waals surface area (Å²) in [6, 6.07) is 9.89. The van der Waals surface area contributed by atoms with Gasteiger partial charge in [0.15, 0.2) is 5.13 Å². The second kappa shape index (κ2) is 8.20. The molecule has 3 aromatic rings. The predicted molar refractivity (Wildman–Crippen MR) is 106 cm³/mol. The van der Waals surface area contributed by atoms with Gasteiger partial charge in [0.1, 0.15) is 5.69 Å². The third-order valence-corrected chi connectivity index (χ3v) is 5.34. The summed E-state index contributed by atoms with van der Waals surface area (Å²) in [5.74, 6) is 0.539. The number of carbonyl (C=O) groups is 2. The van der Waals surface area contributed by atoms with Crippen LogP contribution in [0.3, 0.4) is 0 Å². The zero-order valence-corrected chi connectivity index (χ0v) is 15.7. The molecule has 0 radical (unpaired) electrons. The first-order chi connectivity index (χ1) is 12.5. The SMILES string of the molecule is Cc1cccc(CSCC(=O)Nc2nc(-c3c[nH]c(C(N)=O)c3)cs2)c1. The minimum absolute atomic E-state index is 0.0875. The minimum Gasteiger partial charge on any atom is -0.364 e. The highest BCUT2D eigenvalue weighted by Gasteiger charge is 2.11. The van der Waals surface area contributed by atoms with E-state index >= 15 is 0 Å². The van der Waals surface area contributed by atoms with Gasteiger partial charge < -0.3 is 16.0 Å². The molecule has 26 heavy (non-hydrogen) atoms. The average Bonchev–Trinajstić information content (AvgIpc) is 3.24. The Balaban J connectivity index is 1.51. The average molecular weight is 387 g/mol. The Kier molecular flexibility index (Phi) is 5.75. The second-order valence-electron chi connectivity index (χ2n) is 5.73. The number of aromatic amines is 1. The lowest BCUT2D eigenvalue weighted by atomic mass is 10.2. The zero-order valence-electron chi connectivity index (χ0n) is 14.1. The summed E-state index contributed by atoms with van der Waals surface area (Å²) in [5.41, 5.74) is 9.41. The lowest BCUT2D eigenvalue weighted by Crippen LogP contribution is -2.13. The summed E-state index contributed by atoms with van der Waals surface area (Å²) in [5, 5.41) is 5.16. The van der Waals surface area contributed by atoms with Crippen LogP contribution >= 0.6 is 23.1 Å². The number of aromatic nitrogens is 2. The quantitative estimate of drug-likeness (QED) is 0.579. The van der Waals surface area contributed by atoms with Crippen LogP contribution in [0.15, 0.2) is 41.9 Å². The first kappa shape index (κ1) is 18.2. The zero-order chi connectivity index (χ0) is 18.5. The number of nitrogens with zero attached hydrogens (tertiary/aromatic N) is 1. The molecule has 0 aliphatic rings. The van der Waals surface area contributed by atoms with E-state index in [9.17, 15) is 9.59 Å². The van der Waals surface area contributed by atoms with Crippen LogP contribution in [0.25, 0.3) is 11.3 Å². The summed E-state index contributed by atoms with van der Waals surface area (Å²) in [7, 11) is 0. The summed E-state index contributed by atoms with van der Waals surface area (Å²) < 4.78 is 0. The van der Waals surface area contributed by atoms with Gasteiger partial charge >= 0.3 is 0 Å². The molecular formula is C18H18N4O2S2. The predicted octanol–water partition coefficient (Wildman–Crippen LogP) is 3.42. The molecule has 3 rings (SSSR count). The van der Waals surface area contributed by atoms with Crippen molar-refractivity contribution < 1.29 is 9.59 Å². The first-order valence-electron chi connectivity index (χ1n) is 7.88. The van der Waals surface area contributed by atoms with Crippen molar-refractivity contribution in [1.29, 1.82) is 0 Å². The smallest absolute Gasteiger partial charge is 0.265 e. The Morgan fingerprint density at radius 3 is 2.92 bits per heavy atom. The summed E-state index contributed by atoms with van der Waals surface area (Å²) in [6.07, 6.45) is 1.67. The first-order valence-corrected chi connectivity index (χ1v) is 9.92. The van der Waals surface area contributed by atoms with Gasteiger partial charge in [-0.1, -0.05) is 29.8 Å². The van der Waals surface area contributed by atoms with Gasteiger partial charge in [-0.25, -0.2) is 4.98 Å². The Labute approximate surface area is 159 Å². The number of hydrogen-bond donors (Lipinski definition) is 3. The molecule has 134 valence electrons. The topological polar surface area (TPSA) is 101 Å². The van der Waals surface area contributed by atoms with E-state index in [0.717, 1.165) is 11.3 Å². The van der Waals surface area contributed by atoms with Crippen LogP contribution in [-0.2, 0) is 10.5 Å². The molecule has 2 aromatic heterocycles. The van der Waals surface area contributed by atoms with Crippen LogP contribution < -0.4 is 11.1 Å². The fraction of sp³-hybridized carbons (Fsp3) is 0.167. The Hall–Kier alpha value is -2.58. The number of carbonyl (C=O) groups excluding carboxylic acids is 2. The third kappa shape index (κ3) is 4.74. The maximum Gasteiger partial charge on any atom is 0.265 e. The maximum absolute atomic E-state index is 12.1. The highest BCUT2D eigenvalue weighted by Crippen LogP contribution is 2.25. The molecule has 4 N–H and O–H groups in total. The summed E-state index contributed by atoms with van der Waals surface area (Å²) >= 11 is 2.90. The largest absolute Gasteiger partial charge is 0.364 e. The molecule has 6 nitrogen and oxygen atoms in total. The molecule has 0 unspecified atom stereocenters. The molecule has 2 heterocycles. The van der Waals surface area contributed by atoms with Crippen LogP contribution in [0.5, 0.6) is 0 Å². The van der Waals surface area contributed by atoms with E-state index in [4.69, 9.17) is 5.73 Å². The van der Waals surface area contributed by atoms with E-state index in [-0.39, 0.29) is 5.91 Å². The Morgan fingerprint density at radius 1 is 1.35 bits per heavy atom. The van der Waals surface area contributed by atoms with E-state index in [1.807, 2.05) is 11.4 Å². The van der Waals surface area contributed by atoms with Crippen molar-refractivity contribution >= 4 is 40.0 Å². The number of aryl methyl sites for hydroxylation is 1. The standard InChI is InChI=1S/C18H18N4O2S2/c1-11-3-2-4-12(5-11)8-25-10-16(23)22-18-21-15(9-26-18)13-6-14(17(19)24)20-7-13/h2-7,9,20H,8,10H2,1H3,(H2,19,24)(H,21,22,23). The van der Waals surface area contributed by atoms with Gasteiger partial charge in [-0.2, -0.15) is 0 Å². The van der Waals surface area contributed by atoms with Crippen molar-refractivity contribution in [3.05, 3.63) is 58.7 Å². The van der Waals surface area contributed by atoms with Gasteiger partial charge in [0, 0.05) is 22.9 Å². The molecule has 0 aliphatic carbocycles. The van der Waals surface area contributed by atoms with Crippen molar-refractivity contribution in [2.75, 3.05) is 11.1 Å². The van der Waals surface area contributed by atoms with E-state index < -0.39 is 5.91 Å². The highest BCUT2D eigenvalue weighted by atomic mass is 32.2. The minimum atomic E-state index is -0.523. The van der Waals surface area contributed by atoms with Crippen LogP contribution in [0.1, 0.15) is 21.6 Å². The number of primary amides is 1. The van der Waals surface area contributed by atoms with Crippen molar-refractivity contribution in [2.24, 2.45) is 5.73 Å². The van der Waals surface area contributed by atoms with Crippen molar-refractivity contribution in [3.8, 4) is 11.3 Å². The molecule has 0 saturated heterocycles. The monoisotopic (exact) mass is 386 g/mol. The summed E-state index contributed by atoms with van der Waals surface area (Å²) in [6.45, 7) is 2.05. The number of thioether (sulfide) groups is 1. The fourth-order valence-electron chi connectivity index (χ4n) is 2.37. The number of nitrogens with two attached hydrogens (primary N) is 1. The van der Waals surface area contributed by atoms with Gasteiger partial charge in [0.05, 0.1) is 11.4 Å². The van der Waals surface area contributed by atoms with Crippen LogP contribution in [0.2, 0.25) is 0 Å². The molecule has 0 atom stereocenters. The number of amides is 2. The highest BCUT2D eigenvalue weighted by molar-refractivity contribution is 7.99. The number of H-pyrrole nitrogens is 1. The lowest BCUT2D eigenvalue weighted by molar-refractivity contribution is -0.113. The number of anilines is 1. The molecule has 0 aliphatic heterocycles. The Bertz CT molecular complexity index is 933. The van der Waals surface area contributed by atoms with Crippen molar-refractivity contribution in [2.45, 2.75) is 12.7 Å². The van der Waals surface area contributed by atoms with E-state index in [2.05, 4.69) is 40.4 Å². The molecular weight excluding hydrogens is 368 g/mol. The number of hydrogen-bond acceptors (Lipinski definition) is 5. The van der Waals surface area contributed by atoms with Crippen molar-refractivity contribution in [3.63, 3.8) is 0 Å². The van der Waals surface area contributed by atoms with E-state index in [1.165, 1.54) is 22.5 Å². The van der Waals surface area contributed by atoms with Gasteiger partial charge in [-0.05, 0) is 18.6 Å².